The molecule has 1 heterocycles. The van der Waals surface area contributed by atoms with Gasteiger partial charge in [0.25, 0.3) is 0 Å². The minimum atomic E-state index is -0.373. The third kappa shape index (κ3) is 5.03. The predicted molar refractivity (Wildman–Crippen MR) is 88.0 cm³/mol. The number of carbonyl (C=O) groups excluding carboxylic acids is 2. The number of carbonyl (C=O) groups is 2. The van der Waals surface area contributed by atoms with Gasteiger partial charge in [-0.3, -0.25) is 9.59 Å². The van der Waals surface area contributed by atoms with Gasteiger partial charge in [0.15, 0.2) is 0 Å². The molecule has 1 aromatic rings. The van der Waals surface area contributed by atoms with Crippen molar-refractivity contribution in [3.05, 3.63) is 24.3 Å². The highest BCUT2D eigenvalue weighted by atomic mass is 32.2. The van der Waals surface area contributed by atoms with E-state index in [1.54, 1.807) is 0 Å². The number of thioether (sulfide) groups is 1. The molecule has 1 aliphatic rings. The van der Waals surface area contributed by atoms with E-state index in [1.165, 1.54) is 11.8 Å². The van der Waals surface area contributed by atoms with E-state index >= 15 is 0 Å². The van der Waals surface area contributed by atoms with Crippen molar-refractivity contribution in [3.8, 4) is 0 Å². The molecule has 5 nitrogen and oxygen atoms in total. The zero-order chi connectivity index (χ0) is 15.9. The van der Waals surface area contributed by atoms with Gasteiger partial charge < -0.3 is 15.4 Å². The van der Waals surface area contributed by atoms with E-state index < -0.39 is 0 Å². The summed E-state index contributed by atoms with van der Waals surface area (Å²) in [5.41, 5.74) is 0.819. The maximum Gasteiger partial charge on any atom is 0.238 e. The summed E-state index contributed by atoms with van der Waals surface area (Å²) in [4.78, 5) is 24.9. The Labute approximate surface area is 135 Å². The van der Waals surface area contributed by atoms with Gasteiger partial charge in [-0.05, 0) is 32.4 Å². The van der Waals surface area contributed by atoms with Crippen LogP contribution in [0.5, 0.6) is 0 Å². The maximum atomic E-state index is 12.0. The summed E-state index contributed by atoms with van der Waals surface area (Å²) >= 11 is 1.44. The first-order chi connectivity index (χ1) is 10.6. The molecule has 2 rings (SSSR count). The maximum absolute atomic E-state index is 12.0. The molecule has 6 heteroatoms. The largest absolute Gasteiger partial charge is 0.379 e. The predicted octanol–water partition coefficient (Wildman–Crippen LogP) is 2.42. The Morgan fingerprint density at radius 3 is 2.95 bits per heavy atom. The van der Waals surface area contributed by atoms with Gasteiger partial charge in [-0.1, -0.05) is 12.1 Å². The molecule has 120 valence electrons. The van der Waals surface area contributed by atoms with Crippen LogP contribution < -0.4 is 10.6 Å². The third-order valence-electron chi connectivity index (χ3n) is 3.17. The topological polar surface area (TPSA) is 67.4 Å². The van der Waals surface area contributed by atoms with Crippen LogP contribution >= 0.6 is 11.8 Å². The lowest BCUT2D eigenvalue weighted by molar-refractivity contribution is -0.124. The molecule has 22 heavy (non-hydrogen) atoms. The molecule has 0 saturated carbocycles. The number of hydrogen-bond donors (Lipinski definition) is 2. The summed E-state index contributed by atoms with van der Waals surface area (Å²) < 4.78 is 5.41. The molecule has 0 bridgehead atoms. The minimum absolute atomic E-state index is 0.100. The summed E-state index contributed by atoms with van der Waals surface area (Å²) in [6.07, 6.45) is 1.17. The summed E-state index contributed by atoms with van der Waals surface area (Å²) in [6.45, 7) is 5.16. The van der Waals surface area contributed by atoms with Crippen LogP contribution in [0.3, 0.4) is 0 Å². The highest BCUT2D eigenvalue weighted by Gasteiger charge is 2.28. The molecule has 1 aliphatic heterocycles. The van der Waals surface area contributed by atoms with Gasteiger partial charge in [0.1, 0.15) is 0 Å². The van der Waals surface area contributed by atoms with Gasteiger partial charge in [0.2, 0.25) is 11.8 Å². The zero-order valence-electron chi connectivity index (χ0n) is 12.9. The first kappa shape index (κ1) is 16.8. The Bertz CT molecular complexity index is 534. The first-order valence-corrected chi connectivity index (χ1v) is 8.39. The van der Waals surface area contributed by atoms with Gasteiger partial charge in [0.05, 0.1) is 17.0 Å². The Kier molecular flexibility index (Phi) is 6.27. The number of ether oxygens (including phenoxy) is 1. The Balaban J connectivity index is 1.74. The molecule has 1 aromatic carbocycles. The second-order valence-corrected chi connectivity index (χ2v) is 6.66. The van der Waals surface area contributed by atoms with Crippen LogP contribution in [0.2, 0.25) is 0 Å². The second-order valence-electron chi connectivity index (χ2n) is 5.42. The van der Waals surface area contributed by atoms with Crippen molar-refractivity contribution in [2.45, 2.75) is 42.9 Å². The molecular formula is C16H22N2O3S. The first-order valence-electron chi connectivity index (χ1n) is 7.51. The van der Waals surface area contributed by atoms with Crippen molar-refractivity contribution in [2.24, 2.45) is 0 Å². The van der Waals surface area contributed by atoms with Gasteiger partial charge in [-0.15, -0.1) is 11.8 Å². The molecule has 0 saturated heterocycles. The number of amides is 2. The van der Waals surface area contributed by atoms with Crippen LogP contribution in [-0.4, -0.2) is 36.3 Å². The number of nitrogens with one attached hydrogen (secondary N) is 2. The number of para-hydroxylation sites is 1. The smallest absolute Gasteiger partial charge is 0.238 e. The molecule has 0 aliphatic carbocycles. The summed E-state index contributed by atoms with van der Waals surface area (Å²) in [6, 6.07) is 7.62. The monoisotopic (exact) mass is 322 g/mol. The van der Waals surface area contributed by atoms with Crippen LogP contribution in [0.15, 0.2) is 29.2 Å². The number of hydrogen-bond acceptors (Lipinski definition) is 4. The molecule has 2 amide bonds. The number of benzene rings is 1. The molecule has 1 atom stereocenters. The van der Waals surface area contributed by atoms with E-state index in [1.807, 2.05) is 38.1 Å². The Morgan fingerprint density at radius 2 is 2.18 bits per heavy atom. The normalized spacial score (nSPS) is 17.0. The summed E-state index contributed by atoms with van der Waals surface area (Å²) in [5, 5.41) is 5.31. The summed E-state index contributed by atoms with van der Waals surface area (Å²) in [5.74, 6) is -0.210. The van der Waals surface area contributed by atoms with Crippen LogP contribution in [-0.2, 0) is 14.3 Å². The fraction of sp³-hybridized carbons (Fsp3) is 0.500. The standard InChI is InChI=1S/C16H22N2O3S/c1-11(2)21-9-5-8-17-15(19)10-14-16(20)18-12-6-3-4-7-13(12)22-14/h3-4,6-7,11,14H,5,8-10H2,1-2H3,(H,17,19)(H,18,20). The van der Waals surface area contributed by atoms with E-state index in [2.05, 4.69) is 10.6 Å². The third-order valence-corrected chi connectivity index (χ3v) is 4.45. The van der Waals surface area contributed by atoms with Gasteiger partial charge in [-0.25, -0.2) is 0 Å². The van der Waals surface area contributed by atoms with Crippen molar-refractivity contribution in [3.63, 3.8) is 0 Å². The average Bonchev–Trinajstić information content (AvgIpc) is 2.47. The Morgan fingerprint density at radius 1 is 1.41 bits per heavy atom. The van der Waals surface area contributed by atoms with E-state index in [-0.39, 0.29) is 29.6 Å². The lowest BCUT2D eigenvalue weighted by Crippen LogP contribution is -2.35. The fourth-order valence-corrected chi connectivity index (χ4v) is 3.20. The van der Waals surface area contributed by atoms with Crippen molar-refractivity contribution >= 4 is 29.3 Å². The van der Waals surface area contributed by atoms with Crippen LogP contribution in [0.4, 0.5) is 5.69 Å². The SMILES string of the molecule is CC(C)OCCCNC(=O)CC1Sc2ccccc2NC1=O. The van der Waals surface area contributed by atoms with E-state index in [0.717, 1.165) is 17.0 Å². The van der Waals surface area contributed by atoms with Crippen LogP contribution in [0.25, 0.3) is 0 Å². The quantitative estimate of drug-likeness (QED) is 0.757. The van der Waals surface area contributed by atoms with Gasteiger partial charge in [-0.2, -0.15) is 0 Å². The van der Waals surface area contributed by atoms with Crippen molar-refractivity contribution in [1.29, 1.82) is 0 Å². The molecule has 0 radical (unpaired) electrons. The highest BCUT2D eigenvalue weighted by molar-refractivity contribution is 8.01. The fourth-order valence-electron chi connectivity index (χ4n) is 2.09. The van der Waals surface area contributed by atoms with Crippen LogP contribution in [0.1, 0.15) is 26.7 Å². The van der Waals surface area contributed by atoms with E-state index in [0.29, 0.717) is 13.2 Å². The van der Waals surface area contributed by atoms with Crippen molar-refractivity contribution < 1.29 is 14.3 Å². The van der Waals surface area contributed by atoms with Crippen molar-refractivity contribution in [2.75, 3.05) is 18.5 Å². The summed E-state index contributed by atoms with van der Waals surface area (Å²) in [7, 11) is 0. The lowest BCUT2D eigenvalue weighted by Gasteiger charge is -2.23. The lowest BCUT2D eigenvalue weighted by atomic mass is 10.2. The number of anilines is 1. The minimum Gasteiger partial charge on any atom is -0.379 e. The number of rotatable bonds is 7. The zero-order valence-corrected chi connectivity index (χ0v) is 13.7. The van der Waals surface area contributed by atoms with Crippen LogP contribution in [0, 0.1) is 0 Å². The second kappa shape index (κ2) is 8.19. The van der Waals surface area contributed by atoms with Gasteiger partial charge >= 0.3 is 0 Å². The molecule has 1 unspecified atom stereocenters. The molecular weight excluding hydrogens is 300 g/mol. The average molecular weight is 322 g/mol. The molecule has 0 fully saturated rings. The number of fused-ring (bicyclic) bond motifs is 1. The molecule has 0 spiro atoms. The van der Waals surface area contributed by atoms with Gasteiger partial charge in [0, 0.05) is 24.5 Å². The highest BCUT2D eigenvalue weighted by Crippen LogP contribution is 2.36. The van der Waals surface area contributed by atoms with E-state index in [4.69, 9.17) is 4.74 Å². The van der Waals surface area contributed by atoms with Crippen molar-refractivity contribution in [1.82, 2.24) is 5.32 Å². The molecule has 2 N–H and O–H groups in total. The molecule has 0 aromatic heterocycles. The Hall–Kier alpha value is -1.53. The van der Waals surface area contributed by atoms with E-state index in [9.17, 15) is 9.59 Å².